The topological polar surface area (TPSA) is 88.7 Å². The van der Waals surface area contributed by atoms with Crippen molar-refractivity contribution in [3.8, 4) is 5.88 Å². The van der Waals surface area contributed by atoms with Crippen LogP contribution < -0.4 is 11.1 Å². The maximum atomic E-state index is 12.3. The van der Waals surface area contributed by atoms with E-state index in [0.717, 1.165) is 24.2 Å². The lowest BCUT2D eigenvalue weighted by Crippen LogP contribution is -2.39. The Balaban J connectivity index is 1.92. The number of nitrogens with one attached hydrogen (secondary N) is 1. The van der Waals surface area contributed by atoms with Gasteiger partial charge in [0.15, 0.2) is 0 Å². The summed E-state index contributed by atoms with van der Waals surface area (Å²) in [7, 11) is 0. The molecule has 0 spiro atoms. The number of rotatable bonds is 5. The van der Waals surface area contributed by atoms with Crippen LogP contribution in [0.1, 0.15) is 53.4 Å². The number of aromatic nitrogens is 2. The van der Waals surface area contributed by atoms with E-state index in [4.69, 9.17) is 4.74 Å². The smallest absolute Gasteiger partial charge is 0.427 e. The predicted molar refractivity (Wildman–Crippen MR) is 95.5 cm³/mol. The van der Waals surface area contributed by atoms with E-state index >= 15 is 0 Å². The van der Waals surface area contributed by atoms with Crippen molar-refractivity contribution in [2.75, 3.05) is 18.5 Å². The third-order valence-electron chi connectivity index (χ3n) is 4.32. The van der Waals surface area contributed by atoms with Gasteiger partial charge >= 0.3 is 11.8 Å². The highest BCUT2D eigenvalue weighted by Gasteiger charge is 2.20. The molecular weight excluding hydrogens is 324 g/mol. The summed E-state index contributed by atoms with van der Waals surface area (Å²) in [5.41, 5.74) is 1.09. The largest absolute Gasteiger partial charge is 0.492 e. The van der Waals surface area contributed by atoms with Crippen LogP contribution in [0.3, 0.4) is 0 Å². The number of hydrogen-bond acceptors (Lipinski definition) is 5. The molecule has 1 aliphatic heterocycles. The van der Waals surface area contributed by atoms with E-state index in [2.05, 4.69) is 17.2 Å². The normalized spacial score (nSPS) is 19.0. The van der Waals surface area contributed by atoms with Crippen molar-refractivity contribution >= 4 is 6.09 Å². The molecule has 1 aromatic heterocycles. The first kappa shape index (κ1) is 19.4. The van der Waals surface area contributed by atoms with E-state index in [0.29, 0.717) is 12.6 Å². The highest BCUT2D eigenvalue weighted by molar-refractivity contribution is 5.76. The lowest BCUT2D eigenvalue weighted by Gasteiger charge is -2.33. The molecule has 1 aromatic rings. The molecule has 1 atom stereocenters. The molecule has 25 heavy (non-hydrogen) atoms. The third kappa shape index (κ3) is 5.52. The van der Waals surface area contributed by atoms with Gasteiger partial charge in [-0.05, 0) is 53.5 Å². The molecule has 142 valence electrons. The number of hydrogen-bond donors (Lipinski definition) is 2. The van der Waals surface area contributed by atoms with Crippen LogP contribution in [0.2, 0.25) is 0 Å². The Morgan fingerprint density at radius 3 is 2.72 bits per heavy atom. The van der Waals surface area contributed by atoms with E-state index in [-0.39, 0.29) is 5.88 Å². The van der Waals surface area contributed by atoms with E-state index in [1.165, 1.54) is 30.0 Å². The number of ether oxygens (including phenoxy) is 1. The molecule has 8 nitrogen and oxygen atoms in total. The van der Waals surface area contributed by atoms with Gasteiger partial charge < -0.3 is 14.7 Å². The number of aryl methyl sites for hydroxylation is 1. The fourth-order valence-corrected chi connectivity index (χ4v) is 3.07. The van der Waals surface area contributed by atoms with Crippen LogP contribution in [0.5, 0.6) is 5.88 Å². The minimum Gasteiger partial charge on any atom is -0.492 e. The number of nitrogens with zero attached hydrogens (tertiary/aromatic N) is 3. The maximum absolute atomic E-state index is 12.3. The lowest BCUT2D eigenvalue weighted by atomic mass is 10.0. The Kier molecular flexibility index (Phi) is 6.16. The summed E-state index contributed by atoms with van der Waals surface area (Å²) in [6, 6.07) is 0.581. The molecule has 2 rings (SSSR count). The van der Waals surface area contributed by atoms with Crippen LogP contribution in [0, 0.1) is 0 Å². The van der Waals surface area contributed by atoms with Crippen molar-refractivity contribution in [3.63, 3.8) is 0 Å². The number of likely N-dealkylation sites (tertiary alicyclic amines) is 1. The van der Waals surface area contributed by atoms with Crippen LogP contribution in [0.15, 0.2) is 11.0 Å². The second-order valence-electron chi connectivity index (χ2n) is 7.65. The summed E-state index contributed by atoms with van der Waals surface area (Å²) in [6.07, 6.45) is 5.08. The predicted octanol–water partition coefficient (Wildman–Crippen LogP) is 2.10. The molecule has 1 fully saturated rings. The Labute approximate surface area is 148 Å². The van der Waals surface area contributed by atoms with Gasteiger partial charge in [-0.25, -0.2) is 15.0 Å². The van der Waals surface area contributed by atoms with Crippen molar-refractivity contribution in [3.05, 3.63) is 16.7 Å². The summed E-state index contributed by atoms with van der Waals surface area (Å²) >= 11 is 0. The Morgan fingerprint density at radius 1 is 1.36 bits per heavy atom. The quantitative estimate of drug-likeness (QED) is 0.845. The van der Waals surface area contributed by atoms with Gasteiger partial charge in [0.2, 0.25) is 5.88 Å². The molecule has 2 heterocycles. The molecule has 1 aliphatic rings. The molecule has 8 heteroatoms. The third-order valence-corrected chi connectivity index (χ3v) is 4.32. The summed E-state index contributed by atoms with van der Waals surface area (Å²) < 4.78 is 7.30. The van der Waals surface area contributed by atoms with E-state index in [1.54, 1.807) is 20.8 Å². The molecular formula is C17H30N4O4. The minimum absolute atomic E-state index is 0.317. The number of piperidine rings is 1. The Morgan fingerprint density at radius 2 is 2.08 bits per heavy atom. The average Bonchev–Trinajstić information content (AvgIpc) is 2.75. The molecule has 1 amide bonds. The number of amides is 1. The monoisotopic (exact) mass is 354 g/mol. The molecule has 0 bridgehead atoms. The molecule has 1 unspecified atom stereocenters. The van der Waals surface area contributed by atoms with Gasteiger partial charge in [-0.1, -0.05) is 6.42 Å². The zero-order valence-electron chi connectivity index (χ0n) is 15.6. The second-order valence-corrected chi connectivity index (χ2v) is 7.65. The minimum atomic E-state index is -0.787. The van der Waals surface area contributed by atoms with Crippen molar-refractivity contribution in [1.82, 2.24) is 14.1 Å². The molecule has 0 aromatic carbocycles. The van der Waals surface area contributed by atoms with Crippen molar-refractivity contribution in [1.29, 1.82) is 0 Å². The van der Waals surface area contributed by atoms with E-state index in [1.807, 2.05) is 0 Å². The molecule has 0 radical (unpaired) electrons. The lowest BCUT2D eigenvalue weighted by molar-refractivity contribution is 0.0609. The van der Waals surface area contributed by atoms with Gasteiger partial charge in [0.1, 0.15) is 5.60 Å². The van der Waals surface area contributed by atoms with Crippen LogP contribution in [-0.4, -0.2) is 50.1 Å². The molecule has 1 saturated heterocycles. The fraction of sp³-hybridized carbons (Fsp3) is 0.765. The summed E-state index contributed by atoms with van der Waals surface area (Å²) in [4.78, 5) is 26.5. The Hall–Kier alpha value is -1.96. The van der Waals surface area contributed by atoms with Gasteiger partial charge in [-0.3, -0.25) is 4.57 Å². The fourth-order valence-electron chi connectivity index (χ4n) is 3.07. The number of carbonyl (C=O) groups is 1. The molecule has 0 saturated carbocycles. The molecule has 2 N–H and O–H groups in total. The number of imidazole rings is 1. The number of aromatic hydroxyl groups is 1. The van der Waals surface area contributed by atoms with Gasteiger partial charge in [0.05, 0.1) is 6.20 Å². The van der Waals surface area contributed by atoms with Crippen LogP contribution in [0.25, 0.3) is 0 Å². The summed E-state index contributed by atoms with van der Waals surface area (Å²) in [5.74, 6) is -0.317. The maximum Gasteiger partial charge on any atom is 0.427 e. The van der Waals surface area contributed by atoms with Gasteiger partial charge in [0, 0.05) is 19.1 Å². The summed E-state index contributed by atoms with van der Waals surface area (Å²) in [6.45, 7) is 9.91. The van der Waals surface area contributed by atoms with E-state index < -0.39 is 17.4 Å². The highest BCUT2D eigenvalue weighted by atomic mass is 16.6. The van der Waals surface area contributed by atoms with Crippen LogP contribution in [-0.2, 0) is 11.3 Å². The van der Waals surface area contributed by atoms with Gasteiger partial charge in [-0.15, -0.1) is 0 Å². The first-order chi connectivity index (χ1) is 11.7. The number of carbonyl (C=O) groups excluding carboxylic acids is 1. The van der Waals surface area contributed by atoms with Crippen molar-refractivity contribution in [2.45, 2.75) is 71.6 Å². The standard InChI is InChI=1S/C17H30N4O4/c1-13-8-5-6-9-19(13)10-7-11-20-12-14(22)21(16(20)24)18-15(23)25-17(2,3)4/h12-13,22H,5-11H2,1-4H3,(H,18,23). The van der Waals surface area contributed by atoms with Crippen LogP contribution >= 0.6 is 0 Å². The average molecular weight is 354 g/mol. The van der Waals surface area contributed by atoms with Crippen molar-refractivity contribution in [2.24, 2.45) is 0 Å². The van der Waals surface area contributed by atoms with Crippen LogP contribution in [0.4, 0.5) is 4.79 Å². The second kappa shape index (κ2) is 7.95. The summed E-state index contributed by atoms with van der Waals surface area (Å²) in [5, 5.41) is 9.91. The van der Waals surface area contributed by atoms with E-state index in [9.17, 15) is 14.7 Å². The zero-order valence-corrected chi connectivity index (χ0v) is 15.6. The highest BCUT2D eigenvalue weighted by Crippen LogP contribution is 2.16. The zero-order chi connectivity index (χ0) is 18.6. The molecule has 0 aliphatic carbocycles. The Bertz CT molecular complexity index is 644. The SMILES string of the molecule is CC1CCCCN1CCCn1cc(O)n(NC(=O)OC(C)(C)C)c1=O. The van der Waals surface area contributed by atoms with Gasteiger partial charge in [-0.2, -0.15) is 4.68 Å². The van der Waals surface area contributed by atoms with Crippen molar-refractivity contribution < 1.29 is 14.6 Å². The first-order valence-corrected chi connectivity index (χ1v) is 8.92. The van der Waals surface area contributed by atoms with Gasteiger partial charge in [0.25, 0.3) is 0 Å². The first-order valence-electron chi connectivity index (χ1n) is 8.92.